The van der Waals surface area contributed by atoms with Gasteiger partial charge >= 0.3 is 6.18 Å². The van der Waals surface area contributed by atoms with Crippen LogP contribution in [-0.2, 0) is 21.0 Å². The average molecular weight is 437 g/mol. The summed E-state index contributed by atoms with van der Waals surface area (Å²) in [4.78, 5) is 12.0. The van der Waals surface area contributed by atoms with Gasteiger partial charge in [0, 0.05) is 12.7 Å². The summed E-state index contributed by atoms with van der Waals surface area (Å²) in [6, 6.07) is 8.40. The maximum Gasteiger partial charge on any atom is 0.417 e. The first-order valence-electron chi connectivity index (χ1n) is 7.72. The third kappa shape index (κ3) is 5.15. The summed E-state index contributed by atoms with van der Waals surface area (Å²) in [5.74, 6) is -0.349. The highest BCUT2D eigenvalue weighted by atomic mass is 35.5. The van der Waals surface area contributed by atoms with Crippen molar-refractivity contribution >= 4 is 33.2 Å². The monoisotopic (exact) mass is 436 g/mol. The van der Waals surface area contributed by atoms with Gasteiger partial charge in [-0.25, -0.2) is 8.42 Å². The first-order valence-corrected chi connectivity index (χ1v) is 9.54. The Balaban J connectivity index is 2.12. The number of likely N-dealkylation sites (N-methyl/N-ethyl adjacent to an activating group) is 1. The number of ether oxygens (including phenoxy) is 1. The molecule has 1 amide bonds. The van der Waals surface area contributed by atoms with Crippen LogP contribution < -0.4 is 10.1 Å². The van der Waals surface area contributed by atoms with Crippen LogP contribution >= 0.6 is 11.6 Å². The van der Waals surface area contributed by atoms with Crippen molar-refractivity contribution in [2.45, 2.75) is 11.1 Å². The first kappa shape index (κ1) is 22.0. The summed E-state index contributed by atoms with van der Waals surface area (Å²) in [5.41, 5.74) is -1.26. The third-order valence-electron chi connectivity index (χ3n) is 3.69. The van der Waals surface area contributed by atoms with Crippen LogP contribution in [0.25, 0.3) is 0 Å². The Morgan fingerprint density at radius 1 is 1.18 bits per heavy atom. The van der Waals surface area contributed by atoms with Gasteiger partial charge in [-0.3, -0.25) is 4.79 Å². The molecule has 0 heterocycles. The lowest BCUT2D eigenvalue weighted by Gasteiger charge is -2.17. The van der Waals surface area contributed by atoms with Crippen LogP contribution in [0.15, 0.2) is 47.4 Å². The number of hydrogen-bond acceptors (Lipinski definition) is 4. The fraction of sp³-hybridized carbons (Fsp3) is 0.235. The number of sulfonamides is 1. The molecule has 2 rings (SSSR count). The van der Waals surface area contributed by atoms with Gasteiger partial charge in [0.2, 0.25) is 15.9 Å². The molecule has 0 aliphatic rings. The number of hydrogen-bond donors (Lipinski definition) is 1. The number of rotatable bonds is 6. The summed E-state index contributed by atoms with van der Waals surface area (Å²) >= 11 is 5.52. The summed E-state index contributed by atoms with van der Waals surface area (Å²) in [7, 11) is -1.36. The van der Waals surface area contributed by atoms with Gasteiger partial charge in [0.15, 0.2) is 0 Å². The van der Waals surface area contributed by atoms with Crippen molar-refractivity contribution in [2.75, 3.05) is 26.0 Å². The highest BCUT2D eigenvalue weighted by molar-refractivity contribution is 7.89. The Bertz CT molecular complexity index is 963. The van der Waals surface area contributed by atoms with E-state index in [1.807, 2.05) is 0 Å². The van der Waals surface area contributed by atoms with Crippen molar-refractivity contribution in [3.63, 3.8) is 0 Å². The molecule has 0 unspecified atom stereocenters. The molecular weight excluding hydrogens is 421 g/mol. The molecule has 0 saturated carbocycles. The predicted octanol–water partition coefficient (Wildman–Crippen LogP) is 3.63. The first-order chi connectivity index (χ1) is 12.9. The minimum Gasteiger partial charge on any atom is -0.497 e. The highest BCUT2D eigenvalue weighted by Gasteiger charge is 2.33. The molecule has 0 radical (unpaired) electrons. The Morgan fingerprint density at radius 2 is 1.79 bits per heavy atom. The van der Waals surface area contributed by atoms with E-state index in [1.54, 1.807) is 0 Å². The van der Waals surface area contributed by atoms with Gasteiger partial charge in [-0.2, -0.15) is 17.5 Å². The van der Waals surface area contributed by atoms with Crippen LogP contribution in [-0.4, -0.2) is 39.3 Å². The lowest BCUT2D eigenvalue weighted by Crippen LogP contribution is -2.35. The molecule has 0 atom stereocenters. The van der Waals surface area contributed by atoms with Crippen LogP contribution in [0.2, 0.25) is 5.02 Å². The van der Waals surface area contributed by atoms with Crippen LogP contribution in [0.4, 0.5) is 18.9 Å². The second kappa shape index (κ2) is 8.38. The summed E-state index contributed by atoms with van der Waals surface area (Å²) < 4.78 is 69.4. The van der Waals surface area contributed by atoms with Crippen molar-refractivity contribution in [3.05, 3.63) is 53.1 Å². The Morgan fingerprint density at radius 3 is 2.32 bits per heavy atom. The number of amides is 1. The van der Waals surface area contributed by atoms with E-state index in [1.165, 1.54) is 44.5 Å². The van der Waals surface area contributed by atoms with E-state index in [9.17, 15) is 26.4 Å². The van der Waals surface area contributed by atoms with Crippen molar-refractivity contribution in [1.29, 1.82) is 0 Å². The highest BCUT2D eigenvalue weighted by Crippen LogP contribution is 2.36. The number of methoxy groups -OCH3 is 1. The number of carbonyl (C=O) groups excluding carboxylic acids is 1. The van der Waals surface area contributed by atoms with Gasteiger partial charge < -0.3 is 10.1 Å². The normalized spacial score (nSPS) is 12.1. The molecular formula is C17H16ClF3N2O4S. The van der Waals surface area contributed by atoms with E-state index in [2.05, 4.69) is 5.32 Å². The van der Waals surface area contributed by atoms with Crippen molar-refractivity contribution < 1.29 is 31.1 Å². The quantitative estimate of drug-likeness (QED) is 0.750. The third-order valence-corrected chi connectivity index (χ3v) is 5.84. The van der Waals surface area contributed by atoms with Gasteiger partial charge in [0.25, 0.3) is 0 Å². The lowest BCUT2D eigenvalue weighted by atomic mass is 10.2. The molecule has 152 valence electrons. The zero-order valence-corrected chi connectivity index (χ0v) is 16.3. The van der Waals surface area contributed by atoms with Gasteiger partial charge in [-0.05, 0) is 42.5 Å². The number of alkyl halides is 3. The number of nitrogens with zero attached hydrogens (tertiary/aromatic N) is 1. The van der Waals surface area contributed by atoms with Crippen molar-refractivity contribution in [2.24, 2.45) is 0 Å². The smallest absolute Gasteiger partial charge is 0.417 e. The maximum atomic E-state index is 12.9. The van der Waals surface area contributed by atoms with Gasteiger partial charge in [0.05, 0.1) is 29.1 Å². The van der Waals surface area contributed by atoms with Crippen molar-refractivity contribution in [3.8, 4) is 5.75 Å². The minimum atomic E-state index is -4.69. The SMILES string of the molecule is COc1ccc(S(=O)(=O)N(C)CC(=O)Nc2ccc(Cl)c(C(F)(F)F)c2)cc1. The maximum absolute atomic E-state index is 12.9. The Kier molecular flexibility index (Phi) is 6.58. The molecule has 2 aromatic carbocycles. The lowest BCUT2D eigenvalue weighted by molar-refractivity contribution is -0.137. The van der Waals surface area contributed by atoms with Gasteiger partial charge in [-0.1, -0.05) is 11.6 Å². The number of anilines is 1. The number of carbonyl (C=O) groups is 1. The second-order valence-electron chi connectivity index (χ2n) is 5.68. The number of benzene rings is 2. The van der Waals surface area contributed by atoms with E-state index < -0.39 is 39.2 Å². The molecule has 1 N–H and O–H groups in total. The minimum absolute atomic E-state index is 0.0607. The van der Waals surface area contributed by atoms with Crippen LogP contribution in [0.5, 0.6) is 5.75 Å². The van der Waals surface area contributed by atoms with Gasteiger partial charge in [-0.15, -0.1) is 0 Å². The zero-order valence-electron chi connectivity index (χ0n) is 14.7. The second-order valence-corrected chi connectivity index (χ2v) is 8.13. The van der Waals surface area contributed by atoms with E-state index in [0.29, 0.717) is 11.8 Å². The van der Waals surface area contributed by atoms with Crippen molar-refractivity contribution in [1.82, 2.24) is 4.31 Å². The number of halogens is 4. The zero-order chi connectivity index (χ0) is 21.1. The average Bonchev–Trinajstić information content (AvgIpc) is 2.62. The topological polar surface area (TPSA) is 75.7 Å². The molecule has 0 aliphatic carbocycles. The van der Waals surface area contributed by atoms with Gasteiger partial charge in [0.1, 0.15) is 5.75 Å². The Labute approximate surface area is 164 Å². The largest absolute Gasteiger partial charge is 0.497 e. The molecule has 28 heavy (non-hydrogen) atoms. The Hall–Kier alpha value is -2.30. The van der Waals surface area contributed by atoms with Crippen LogP contribution in [0, 0.1) is 0 Å². The molecule has 0 saturated heterocycles. The fourth-order valence-corrected chi connectivity index (χ4v) is 3.59. The van der Waals surface area contributed by atoms with E-state index in [-0.39, 0.29) is 10.6 Å². The molecule has 0 aromatic heterocycles. The molecule has 0 bridgehead atoms. The standard InChI is InChI=1S/C17H16ClF3N2O4S/c1-23(28(25,26)13-6-4-12(27-2)5-7-13)10-16(24)22-11-3-8-15(18)14(9-11)17(19,20)21/h3-9H,10H2,1-2H3,(H,22,24). The fourth-order valence-electron chi connectivity index (χ4n) is 2.24. The molecule has 0 aliphatic heterocycles. The van der Waals surface area contributed by atoms with Crippen LogP contribution in [0.1, 0.15) is 5.56 Å². The molecule has 2 aromatic rings. The predicted molar refractivity (Wildman–Crippen MR) is 97.9 cm³/mol. The molecule has 11 heteroatoms. The molecule has 0 spiro atoms. The molecule has 6 nitrogen and oxygen atoms in total. The van der Waals surface area contributed by atoms with E-state index in [4.69, 9.17) is 16.3 Å². The summed E-state index contributed by atoms with van der Waals surface area (Å²) in [6.07, 6.45) is -4.69. The van der Waals surface area contributed by atoms with E-state index in [0.717, 1.165) is 10.4 Å². The summed E-state index contributed by atoms with van der Waals surface area (Å²) in [6.45, 7) is -0.599. The van der Waals surface area contributed by atoms with Crippen LogP contribution in [0.3, 0.4) is 0 Å². The summed E-state index contributed by atoms with van der Waals surface area (Å²) in [5, 5.41) is 1.72. The number of nitrogens with one attached hydrogen (secondary N) is 1. The van der Waals surface area contributed by atoms with E-state index >= 15 is 0 Å². The molecule has 0 fully saturated rings.